The molecule has 1 saturated heterocycles. The molecule has 136 valence electrons. The third kappa shape index (κ3) is 3.62. The van der Waals surface area contributed by atoms with E-state index in [1.807, 2.05) is 13.0 Å². The monoisotopic (exact) mass is 366 g/mol. The fourth-order valence-corrected chi connectivity index (χ4v) is 4.28. The molecule has 3 rings (SSSR count). The molecule has 0 radical (unpaired) electrons. The molecule has 9 heteroatoms. The second-order valence-electron chi connectivity index (χ2n) is 6.33. The molecule has 0 atom stereocenters. The van der Waals surface area contributed by atoms with Gasteiger partial charge in [0.1, 0.15) is 11.9 Å². The molecular formula is C16H22N4O4S. The average molecular weight is 366 g/mol. The molecule has 2 aromatic rings. The summed E-state index contributed by atoms with van der Waals surface area (Å²) in [5.74, 6) is 0.534. The van der Waals surface area contributed by atoms with Crippen LogP contribution in [0.15, 0.2) is 34.5 Å². The van der Waals surface area contributed by atoms with Crippen LogP contribution in [0.25, 0.3) is 0 Å². The highest BCUT2D eigenvalue weighted by molar-refractivity contribution is 7.89. The predicted octanol–water partition coefficient (Wildman–Crippen LogP) is 0.659. The number of aromatic nitrogens is 3. The van der Waals surface area contributed by atoms with E-state index in [4.69, 9.17) is 4.74 Å². The molecule has 0 aromatic carbocycles. The largest absolute Gasteiger partial charge is 0.490 e. The Morgan fingerprint density at radius 1 is 1.20 bits per heavy atom. The molecule has 0 amide bonds. The zero-order chi connectivity index (χ0) is 18.2. The Hall–Kier alpha value is -2.13. The molecule has 0 aliphatic carbocycles. The van der Waals surface area contributed by atoms with Gasteiger partial charge in [-0.1, -0.05) is 0 Å². The molecule has 0 saturated carbocycles. The molecule has 1 aliphatic heterocycles. The van der Waals surface area contributed by atoms with Gasteiger partial charge in [-0.15, -0.1) is 0 Å². The van der Waals surface area contributed by atoms with Crippen molar-refractivity contribution in [2.45, 2.75) is 30.9 Å². The summed E-state index contributed by atoms with van der Waals surface area (Å²) < 4.78 is 35.6. The second-order valence-corrected chi connectivity index (χ2v) is 8.21. The molecule has 0 N–H and O–H groups in total. The summed E-state index contributed by atoms with van der Waals surface area (Å²) in [6.07, 6.45) is 4.00. The molecule has 25 heavy (non-hydrogen) atoms. The van der Waals surface area contributed by atoms with Crippen molar-refractivity contribution in [2.75, 3.05) is 13.1 Å². The maximum absolute atomic E-state index is 12.6. The number of ether oxygens (including phenoxy) is 1. The lowest BCUT2D eigenvalue weighted by Crippen LogP contribution is -2.41. The van der Waals surface area contributed by atoms with E-state index >= 15 is 0 Å². The van der Waals surface area contributed by atoms with Crippen molar-refractivity contribution in [2.24, 2.45) is 14.1 Å². The van der Waals surface area contributed by atoms with E-state index in [0.29, 0.717) is 31.7 Å². The van der Waals surface area contributed by atoms with Crippen molar-refractivity contribution >= 4 is 10.0 Å². The zero-order valence-electron chi connectivity index (χ0n) is 14.5. The lowest BCUT2D eigenvalue weighted by Gasteiger charge is -2.31. The molecule has 0 spiro atoms. The number of hydrogen-bond donors (Lipinski definition) is 0. The van der Waals surface area contributed by atoms with E-state index in [0.717, 1.165) is 5.69 Å². The highest BCUT2D eigenvalue weighted by Crippen LogP contribution is 2.22. The fraction of sp³-hybridized carbons (Fsp3) is 0.500. The number of sulfonamides is 1. The van der Waals surface area contributed by atoms with Crippen molar-refractivity contribution < 1.29 is 13.2 Å². The Morgan fingerprint density at radius 2 is 1.88 bits per heavy atom. The first-order chi connectivity index (χ1) is 11.8. The SMILES string of the molecule is Cc1cc(OC2CCN(S(=O)(=O)c3cn(C)cn3)CC2)cc(=O)n1C. The maximum atomic E-state index is 12.6. The van der Waals surface area contributed by atoms with Gasteiger partial charge in [0, 0.05) is 45.1 Å². The average Bonchev–Trinajstić information content (AvgIpc) is 3.00. The Labute approximate surface area is 146 Å². The number of nitrogens with zero attached hydrogens (tertiary/aromatic N) is 4. The smallest absolute Gasteiger partial charge is 0.262 e. The minimum Gasteiger partial charge on any atom is -0.490 e. The molecule has 1 fully saturated rings. The van der Waals surface area contributed by atoms with Gasteiger partial charge in [0.05, 0.1) is 6.33 Å². The van der Waals surface area contributed by atoms with Gasteiger partial charge in [-0.05, 0) is 25.8 Å². The van der Waals surface area contributed by atoms with Crippen LogP contribution in [0.3, 0.4) is 0 Å². The normalized spacial score (nSPS) is 16.9. The van der Waals surface area contributed by atoms with Crippen LogP contribution in [0.5, 0.6) is 5.75 Å². The van der Waals surface area contributed by atoms with Crippen molar-refractivity contribution in [1.29, 1.82) is 0 Å². The van der Waals surface area contributed by atoms with Gasteiger partial charge in [0.15, 0.2) is 5.03 Å². The van der Waals surface area contributed by atoms with Crippen LogP contribution in [0.2, 0.25) is 0 Å². The van der Waals surface area contributed by atoms with Crippen LogP contribution in [-0.2, 0) is 24.1 Å². The fourth-order valence-electron chi connectivity index (χ4n) is 2.84. The molecule has 2 aromatic heterocycles. The third-order valence-electron chi connectivity index (χ3n) is 4.47. The number of pyridine rings is 1. The molecular weight excluding hydrogens is 344 g/mol. The van der Waals surface area contributed by atoms with Crippen molar-refractivity contribution in [1.82, 2.24) is 18.4 Å². The van der Waals surface area contributed by atoms with Crippen LogP contribution in [0, 0.1) is 6.92 Å². The number of imidazole rings is 1. The molecule has 8 nitrogen and oxygen atoms in total. The lowest BCUT2D eigenvalue weighted by atomic mass is 10.1. The molecule has 0 unspecified atom stereocenters. The predicted molar refractivity (Wildman–Crippen MR) is 92.0 cm³/mol. The second kappa shape index (κ2) is 6.64. The first-order valence-corrected chi connectivity index (χ1v) is 9.54. The highest BCUT2D eigenvalue weighted by Gasteiger charge is 2.31. The summed E-state index contributed by atoms with van der Waals surface area (Å²) in [5, 5.41) is 0.0662. The summed E-state index contributed by atoms with van der Waals surface area (Å²) in [4.78, 5) is 15.8. The van der Waals surface area contributed by atoms with Gasteiger partial charge in [-0.25, -0.2) is 13.4 Å². The number of hydrogen-bond acceptors (Lipinski definition) is 5. The Bertz CT molecular complexity index is 924. The number of piperidine rings is 1. The van der Waals surface area contributed by atoms with E-state index in [-0.39, 0.29) is 16.7 Å². The van der Waals surface area contributed by atoms with Gasteiger partial charge in [-0.2, -0.15) is 4.31 Å². The quantitative estimate of drug-likeness (QED) is 0.793. The minimum atomic E-state index is -3.56. The molecule has 3 heterocycles. The first kappa shape index (κ1) is 17.7. The summed E-state index contributed by atoms with van der Waals surface area (Å²) in [6.45, 7) is 2.58. The Balaban J connectivity index is 1.65. The maximum Gasteiger partial charge on any atom is 0.262 e. The highest BCUT2D eigenvalue weighted by atomic mass is 32.2. The van der Waals surface area contributed by atoms with Gasteiger partial charge < -0.3 is 13.9 Å². The third-order valence-corrected chi connectivity index (χ3v) is 6.25. The van der Waals surface area contributed by atoms with Gasteiger partial charge in [-0.3, -0.25) is 4.79 Å². The van der Waals surface area contributed by atoms with Crippen LogP contribution in [0.4, 0.5) is 0 Å². The van der Waals surface area contributed by atoms with E-state index < -0.39 is 10.0 Å². The zero-order valence-corrected chi connectivity index (χ0v) is 15.4. The molecule has 1 aliphatic rings. The van der Waals surface area contributed by atoms with Gasteiger partial charge in [0.25, 0.3) is 15.6 Å². The topological polar surface area (TPSA) is 86.4 Å². The van der Waals surface area contributed by atoms with Crippen molar-refractivity contribution in [3.63, 3.8) is 0 Å². The minimum absolute atomic E-state index is 0.0662. The number of aryl methyl sites for hydroxylation is 2. The lowest BCUT2D eigenvalue weighted by molar-refractivity contribution is 0.134. The van der Waals surface area contributed by atoms with Gasteiger partial charge in [0.2, 0.25) is 0 Å². The van der Waals surface area contributed by atoms with Gasteiger partial charge >= 0.3 is 0 Å². The van der Waals surface area contributed by atoms with E-state index in [2.05, 4.69) is 4.98 Å². The van der Waals surface area contributed by atoms with Crippen LogP contribution < -0.4 is 10.3 Å². The summed E-state index contributed by atoms with van der Waals surface area (Å²) in [7, 11) is -0.119. The Morgan fingerprint density at radius 3 is 2.44 bits per heavy atom. The summed E-state index contributed by atoms with van der Waals surface area (Å²) >= 11 is 0. The molecule has 0 bridgehead atoms. The van der Waals surface area contributed by atoms with E-state index in [1.54, 1.807) is 23.2 Å². The van der Waals surface area contributed by atoms with Crippen LogP contribution in [0.1, 0.15) is 18.5 Å². The Kier molecular flexibility index (Phi) is 4.70. The summed E-state index contributed by atoms with van der Waals surface area (Å²) in [5.41, 5.74) is 0.697. The van der Waals surface area contributed by atoms with E-state index in [9.17, 15) is 13.2 Å². The van der Waals surface area contributed by atoms with Crippen LogP contribution in [-0.4, -0.2) is 46.0 Å². The van der Waals surface area contributed by atoms with E-state index in [1.165, 1.54) is 22.9 Å². The number of rotatable bonds is 4. The van der Waals surface area contributed by atoms with Crippen molar-refractivity contribution in [3.8, 4) is 5.75 Å². The van der Waals surface area contributed by atoms with Crippen molar-refractivity contribution in [3.05, 3.63) is 40.7 Å². The first-order valence-electron chi connectivity index (χ1n) is 8.10. The summed E-state index contributed by atoms with van der Waals surface area (Å²) in [6, 6.07) is 3.28. The van der Waals surface area contributed by atoms with Crippen LogP contribution >= 0.6 is 0 Å². The standard InChI is InChI=1S/C16H22N4O4S/c1-12-8-14(9-16(21)19(12)3)24-13-4-6-20(7-5-13)25(22,23)15-10-18(2)11-17-15/h8-11,13H,4-7H2,1-3H3.